The SMILES string of the molecule is COC(C)C(C)NCC1(O)CCCC(C)C1. The van der Waals surface area contributed by atoms with E-state index in [1.165, 1.54) is 6.42 Å². The van der Waals surface area contributed by atoms with Gasteiger partial charge in [0.05, 0.1) is 11.7 Å². The summed E-state index contributed by atoms with van der Waals surface area (Å²) in [5, 5.41) is 13.8. The van der Waals surface area contributed by atoms with E-state index in [4.69, 9.17) is 4.74 Å². The number of ether oxygens (including phenoxy) is 1. The molecule has 0 aromatic carbocycles. The first-order valence-electron chi connectivity index (χ1n) is 6.45. The van der Waals surface area contributed by atoms with Gasteiger partial charge in [-0.3, -0.25) is 0 Å². The molecule has 3 heteroatoms. The second-order valence-corrected chi connectivity index (χ2v) is 5.54. The third-order valence-electron chi connectivity index (χ3n) is 3.90. The Labute approximate surface area is 99.6 Å². The molecule has 0 bridgehead atoms. The van der Waals surface area contributed by atoms with Gasteiger partial charge in [-0.15, -0.1) is 0 Å². The number of hydrogen-bond acceptors (Lipinski definition) is 3. The molecule has 16 heavy (non-hydrogen) atoms. The molecule has 1 saturated carbocycles. The fourth-order valence-corrected chi connectivity index (χ4v) is 2.51. The summed E-state index contributed by atoms with van der Waals surface area (Å²) in [4.78, 5) is 0. The van der Waals surface area contributed by atoms with Crippen molar-refractivity contribution in [2.24, 2.45) is 5.92 Å². The molecule has 0 aromatic rings. The molecule has 1 aliphatic rings. The summed E-state index contributed by atoms with van der Waals surface area (Å²) >= 11 is 0. The molecular weight excluding hydrogens is 202 g/mol. The van der Waals surface area contributed by atoms with Crippen molar-refractivity contribution in [2.45, 2.75) is 64.2 Å². The van der Waals surface area contributed by atoms with Gasteiger partial charge in [-0.2, -0.15) is 0 Å². The van der Waals surface area contributed by atoms with E-state index in [0.29, 0.717) is 12.5 Å². The van der Waals surface area contributed by atoms with Gasteiger partial charge in [-0.05, 0) is 32.6 Å². The minimum absolute atomic E-state index is 0.185. The highest BCUT2D eigenvalue weighted by Gasteiger charge is 2.32. The van der Waals surface area contributed by atoms with E-state index >= 15 is 0 Å². The van der Waals surface area contributed by atoms with Crippen LogP contribution in [0, 0.1) is 5.92 Å². The van der Waals surface area contributed by atoms with E-state index in [2.05, 4.69) is 19.2 Å². The van der Waals surface area contributed by atoms with Crippen molar-refractivity contribution >= 4 is 0 Å². The van der Waals surface area contributed by atoms with Gasteiger partial charge < -0.3 is 15.2 Å². The summed E-state index contributed by atoms with van der Waals surface area (Å²) in [7, 11) is 1.72. The zero-order chi connectivity index (χ0) is 12.2. The van der Waals surface area contributed by atoms with Crippen molar-refractivity contribution in [3.8, 4) is 0 Å². The van der Waals surface area contributed by atoms with Gasteiger partial charge in [-0.1, -0.05) is 19.8 Å². The monoisotopic (exact) mass is 229 g/mol. The Morgan fingerprint density at radius 2 is 2.19 bits per heavy atom. The smallest absolute Gasteiger partial charge is 0.0774 e. The third-order valence-corrected chi connectivity index (χ3v) is 3.90. The summed E-state index contributed by atoms with van der Waals surface area (Å²) in [6, 6.07) is 0.284. The first-order valence-corrected chi connectivity index (χ1v) is 6.45. The number of methoxy groups -OCH3 is 1. The minimum atomic E-state index is -0.501. The molecule has 2 N–H and O–H groups in total. The predicted molar refractivity (Wildman–Crippen MR) is 66.5 cm³/mol. The Hall–Kier alpha value is -0.120. The van der Waals surface area contributed by atoms with Crippen molar-refractivity contribution in [2.75, 3.05) is 13.7 Å². The highest BCUT2D eigenvalue weighted by molar-refractivity contribution is 4.88. The summed E-state index contributed by atoms with van der Waals surface area (Å²) < 4.78 is 5.26. The number of rotatable bonds is 5. The summed E-state index contributed by atoms with van der Waals surface area (Å²) in [5.74, 6) is 0.649. The minimum Gasteiger partial charge on any atom is -0.389 e. The molecular formula is C13H27NO2. The molecule has 0 aliphatic heterocycles. The zero-order valence-corrected chi connectivity index (χ0v) is 11.1. The lowest BCUT2D eigenvalue weighted by Gasteiger charge is -2.37. The van der Waals surface area contributed by atoms with Crippen molar-refractivity contribution in [1.82, 2.24) is 5.32 Å². The maximum absolute atomic E-state index is 10.4. The maximum atomic E-state index is 10.4. The molecule has 0 aromatic heterocycles. The predicted octanol–water partition coefficient (Wildman–Crippen LogP) is 1.94. The maximum Gasteiger partial charge on any atom is 0.0774 e. The first-order chi connectivity index (χ1) is 7.47. The van der Waals surface area contributed by atoms with Crippen LogP contribution in [-0.2, 0) is 4.74 Å². The number of hydrogen-bond donors (Lipinski definition) is 2. The third kappa shape index (κ3) is 4.04. The van der Waals surface area contributed by atoms with E-state index < -0.39 is 5.60 Å². The molecule has 4 atom stereocenters. The molecule has 0 spiro atoms. The Morgan fingerprint density at radius 3 is 2.75 bits per heavy atom. The van der Waals surface area contributed by atoms with Gasteiger partial charge in [0.15, 0.2) is 0 Å². The fourth-order valence-electron chi connectivity index (χ4n) is 2.51. The van der Waals surface area contributed by atoms with E-state index in [-0.39, 0.29) is 12.1 Å². The molecule has 4 unspecified atom stereocenters. The van der Waals surface area contributed by atoms with E-state index in [1.807, 2.05) is 6.92 Å². The first kappa shape index (κ1) is 13.9. The highest BCUT2D eigenvalue weighted by Crippen LogP contribution is 2.31. The number of aliphatic hydroxyl groups is 1. The summed E-state index contributed by atoms with van der Waals surface area (Å²) in [5.41, 5.74) is -0.501. The van der Waals surface area contributed by atoms with Crippen LogP contribution in [0.5, 0.6) is 0 Å². The molecule has 96 valence electrons. The Balaban J connectivity index is 2.35. The van der Waals surface area contributed by atoms with Crippen LogP contribution >= 0.6 is 0 Å². The van der Waals surface area contributed by atoms with Crippen LogP contribution < -0.4 is 5.32 Å². The standard InChI is InChI=1S/C13H27NO2/c1-10-6-5-7-13(15,8-10)9-14-11(2)12(3)16-4/h10-12,14-15H,5-9H2,1-4H3. The van der Waals surface area contributed by atoms with Crippen molar-refractivity contribution in [3.63, 3.8) is 0 Å². The molecule has 0 saturated heterocycles. The topological polar surface area (TPSA) is 41.5 Å². The van der Waals surface area contributed by atoms with Crippen molar-refractivity contribution in [1.29, 1.82) is 0 Å². The average molecular weight is 229 g/mol. The van der Waals surface area contributed by atoms with Crippen LogP contribution in [0.25, 0.3) is 0 Å². The summed E-state index contributed by atoms with van der Waals surface area (Å²) in [6.45, 7) is 7.06. The largest absolute Gasteiger partial charge is 0.389 e. The van der Waals surface area contributed by atoms with Gasteiger partial charge in [0.25, 0.3) is 0 Å². The van der Waals surface area contributed by atoms with Crippen LogP contribution in [0.1, 0.15) is 46.5 Å². The van der Waals surface area contributed by atoms with Gasteiger partial charge in [0.1, 0.15) is 0 Å². The second-order valence-electron chi connectivity index (χ2n) is 5.54. The van der Waals surface area contributed by atoms with Crippen LogP contribution in [0.2, 0.25) is 0 Å². The van der Waals surface area contributed by atoms with Gasteiger partial charge in [-0.25, -0.2) is 0 Å². The van der Waals surface area contributed by atoms with Crippen LogP contribution in [0.15, 0.2) is 0 Å². The fraction of sp³-hybridized carbons (Fsp3) is 1.00. The van der Waals surface area contributed by atoms with Gasteiger partial charge >= 0.3 is 0 Å². The van der Waals surface area contributed by atoms with E-state index in [9.17, 15) is 5.11 Å². The van der Waals surface area contributed by atoms with Crippen molar-refractivity contribution in [3.05, 3.63) is 0 Å². The lowest BCUT2D eigenvalue weighted by molar-refractivity contribution is -0.0183. The van der Waals surface area contributed by atoms with Crippen LogP contribution in [0.3, 0.4) is 0 Å². The Morgan fingerprint density at radius 1 is 1.50 bits per heavy atom. The Kier molecular flexibility index (Phi) is 5.22. The summed E-state index contributed by atoms with van der Waals surface area (Å²) in [6.07, 6.45) is 4.44. The lowest BCUT2D eigenvalue weighted by Crippen LogP contribution is -2.49. The zero-order valence-electron chi connectivity index (χ0n) is 11.1. The molecule has 0 amide bonds. The van der Waals surface area contributed by atoms with Gasteiger partial charge in [0.2, 0.25) is 0 Å². The van der Waals surface area contributed by atoms with Crippen LogP contribution in [0.4, 0.5) is 0 Å². The highest BCUT2D eigenvalue weighted by atomic mass is 16.5. The second kappa shape index (κ2) is 5.99. The molecule has 1 rings (SSSR count). The molecule has 0 heterocycles. The molecule has 0 radical (unpaired) electrons. The van der Waals surface area contributed by atoms with E-state index in [0.717, 1.165) is 19.3 Å². The van der Waals surface area contributed by atoms with E-state index in [1.54, 1.807) is 7.11 Å². The molecule has 1 aliphatic carbocycles. The number of nitrogens with one attached hydrogen (secondary N) is 1. The quantitative estimate of drug-likeness (QED) is 0.757. The Bertz CT molecular complexity index is 210. The van der Waals surface area contributed by atoms with Crippen molar-refractivity contribution < 1.29 is 9.84 Å². The van der Waals surface area contributed by atoms with Crippen LogP contribution in [-0.4, -0.2) is 36.5 Å². The average Bonchev–Trinajstić information content (AvgIpc) is 2.24. The normalized spacial score (nSPS) is 34.7. The molecule has 3 nitrogen and oxygen atoms in total. The lowest BCUT2D eigenvalue weighted by atomic mass is 9.79. The molecule has 1 fully saturated rings. The van der Waals surface area contributed by atoms with Gasteiger partial charge in [0, 0.05) is 19.7 Å².